The molecule has 5 rings (SSSR count). The zero-order valence-electron chi connectivity index (χ0n) is 21.8. The molecule has 5 atom stereocenters. The Bertz CT molecular complexity index is 1370. The quantitative estimate of drug-likeness (QED) is 0.288. The van der Waals surface area contributed by atoms with Crippen LogP contribution in [0.15, 0.2) is 61.1 Å². The molecule has 2 amide bonds. The first-order valence-electron chi connectivity index (χ1n) is 13.0. The molecule has 9 nitrogen and oxygen atoms in total. The summed E-state index contributed by atoms with van der Waals surface area (Å²) in [4.78, 5) is 43.7. The standard InChI is InChI=1S/C28H29Cl2N5O4S/c1-40(38)34-23-8-4-5-9-24(23)35-26(21-11-10-17(29)14-22(21)30)25(19-6-2-3-7-20(19)28(35)37)27(36)33-39-16-18-15-31-12-13-32-18/h2-3,6-7,10-15,23-26,34H,4-5,8-9,16H2,1H3,(H,33,36)/t23-,24?,25+,26-,40?/m0/s1. The number of hydroxylamine groups is 1. The fourth-order valence-corrected chi connectivity index (χ4v) is 6.94. The molecular weight excluding hydrogens is 573 g/mol. The van der Waals surface area contributed by atoms with Gasteiger partial charge in [0.15, 0.2) is 0 Å². The van der Waals surface area contributed by atoms with Crippen molar-refractivity contribution in [3.63, 3.8) is 0 Å². The first kappa shape index (κ1) is 28.8. The summed E-state index contributed by atoms with van der Waals surface area (Å²) in [5.74, 6) is -1.51. The van der Waals surface area contributed by atoms with Crippen LogP contribution in [0.4, 0.5) is 0 Å². The molecule has 0 bridgehead atoms. The van der Waals surface area contributed by atoms with E-state index in [1.165, 1.54) is 6.20 Å². The number of rotatable bonds is 8. The zero-order chi connectivity index (χ0) is 28.2. The summed E-state index contributed by atoms with van der Waals surface area (Å²) in [5.41, 5.74) is 4.71. The Balaban J connectivity index is 1.59. The largest absolute Gasteiger partial charge is 0.598 e. The molecule has 0 spiro atoms. The summed E-state index contributed by atoms with van der Waals surface area (Å²) in [7, 11) is 0. The lowest BCUT2D eigenvalue weighted by atomic mass is 9.76. The molecule has 2 N–H and O–H groups in total. The molecule has 12 heteroatoms. The van der Waals surface area contributed by atoms with Gasteiger partial charge in [-0.25, -0.2) is 5.48 Å². The molecule has 210 valence electrons. The van der Waals surface area contributed by atoms with Gasteiger partial charge in [-0.3, -0.25) is 24.4 Å². The molecule has 2 aromatic carbocycles. The van der Waals surface area contributed by atoms with Crippen molar-refractivity contribution in [2.24, 2.45) is 0 Å². The summed E-state index contributed by atoms with van der Waals surface area (Å²) in [6, 6.07) is 10.8. The minimum absolute atomic E-state index is 0.0138. The molecule has 3 aromatic rings. The molecule has 2 aliphatic rings. The Hall–Kier alpha value is -2.73. The van der Waals surface area contributed by atoms with Gasteiger partial charge < -0.3 is 9.45 Å². The van der Waals surface area contributed by atoms with Crippen molar-refractivity contribution in [1.29, 1.82) is 0 Å². The predicted molar refractivity (Wildman–Crippen MR) is 153 cm³/mol. The lowest BCUT2D eigenvalue weighted by Crippen LogP contribution is -2.59. The number of halogens is 2. The van der Waals surface area contributed by atoms with E-state index in [4.69, 9.17) is 28.0 Å². The van der Waals surface area contributed by atoms with Gasteiger partial charge in [-0.1, -0.05) is 60.3 Å². The SMILES string of the molecule is C[S+]([O-])N[C@H]1CCCCC1N1C(=O)c2ccccc2[C@@H](C(=O)NOCc2cnccn2)[C@@H]1c1ccc(Cl)cc1Cl. The molecule has 0 radical (unpaired) electrons. The molecule has 0 saturated heterocycles. The lowest BCUT2D eigenvalue weighted by Gasteiger charge is -2.48. The van der Waals surface area contributed by atoms with Crippen LogP contribution in [0.2, 0.25) is 10.0 Å². The van der Waals surface area contributed by atoms with Crippen LogP contribution < -0.4 is 10.2 Å². The van der Waals surface area contributed by atoms with Crippen LogP contribution >= 0.6 is 23.2 Å². The molecule has 1 aromatic heterocycles. The second-order valence-corrected chi connectivity index (χ2v) is 11.9. The van der Waals surface area contributed by atoms with Crippen LogP contribution in [0.3, 0.4) is 0 Å². The average Bonchev–Trinajstić information content (AvgIpc) is 2.94. The van der Waals surface area contributed by atoms with Crippen molar-refractivity contribution < 1.29 is 19.0 Å². The maximum Gasteiger partial charge on any atom is 0.255 e. The van der Waals surface area contributed by atoms with Gasteiger partial charge in [-0.05, 0) is 42.2 Å². The summed E-state index contributed by atoms with van der Waals surface area (Å²) in [6.45, 7) is 0.0138. The third-order valence-corrected chi connectivity index (χ3v) is 8.55. The maximum atomic E-state index is 14.3. The number of carbonyl (C=O) groups is 2. The smallest absolute Gasteiger partial charge is 0.255 e. The van der Waals surface area contributed by atoms with E-state index in [2.05, 4.69) is 20.2 Å². The number of fused-ring (bicyclic) bond motifs is 1. The Morgan fingerprint density at radius 2 is 1.95 bits per heavy atom. The van der Waals surface area contributed by atoms with Crippen LogP contribution in [-0.2, 0) is 27.6 Å². The number of nitrogens with zero attached hydrogens (tertiary/aromatic N) is 3. The van der Waals surface area contributed by atoms with E-state index in [1.807, 2.05) is 0 Å². The number of hydrogen-bond acceptors (Lipinski definition) is 7. The van der Waals surface area contributed by atoms with Crippen molar-refractivity contribution in [3.8, 4) is 0 Å². The number of amides is 2. The fourth-order valence-electron chi connectivity index (χ4n) is 5.72. The number of aromatic nitrogens is 2. The van der Waals surface area contributed by atoms with E-state index >= 15 is 0 Å². The fraction of sp³-hybridized carbons (Fsp3) is 0.357. The Morgan fingerprint density at radius 3 is 2.70 bits per heavy atom. The number of nitrogens with one attached hydrogen (secondary N) is 2. The molecule has 2 heterocycles. The predicted octanol–water partition coefficient (Wildman–Crippen LogP) is 4.51. The molecular formula is C28H29Cl2N5O4S. The topological polar surface area (TPSA) is 120 Å². The number of hydrogen-bond donors (Lipinski definition) is 2. The van der Waals surface area contributed by atoms with Crippen LogP contribution in [0, 0.1) is 0 Å². The van der Waals surface area contributed by atoms with Crippen molar-refractivity contribution >= 4 is 46.4 Å². The summed E-state index contributed by atoms with van der Waals surface area (Å²) in [6.07, 6.45) is 9.48. The minimum Gasteiger partial charge on any atom is -0.598 e. The highest BCUT2D eigenvalue weighted by molar-refractivity contribution is 7.88. The Labute approximate surface area is 245 Å². The van der Waals surface area contributed by atoms with Crippen molar-refractivity contribution in [2.75, 3.05) is 6.26 Å². The third kappa shape index (κ3) is 6.12. The van der Waals surface area contributed by atoms with Crippen molar-refractivity contribution in [2.45, 2.75) is 56.3 Å². The third-order valence-electron chi connectivity index (χ3n) is 7.35. The van der Waals surface area contributed by atoms with Crippen molar-refractivity contribution in [1.82, 2.24) is 25.1 Å². The first-order valence-corrected chi connectivity index (χ1v) is 15.3. The van der Waals surface area contributed by atoms with Gasteiger partial charge in [0.05, 0.1) is 35.9 Å². The monoisotopic (exact) mass is 601 g/mol. The minimum atomic E-state index is -1.29. The molecule has 1 saturated carbocycles. The van der Waals surface area contributed by atoms with E-state index in [0.29, 0.717) is 38.9 Å². The highest BCUT2D eigenvalue weighted by Crippen LogP contribution is 2.47. The molecule has 1 fully saturated rings. The van der Waals surface area contributed by atoms with E-state index in [-0.39, 0.29) is 24.6 Å². The molecule has 2 unspecified atom stereocenters. The molecule has 1 aliphatic carbocycles. The van der Waals surface area contributed by atoms with E-state index in [0.717, 1.165) is 19.3 Å². The summed E-state index contributed by atoms with van der Waals surface area (Å²) >= 11 is 11.7. The van der Waals surface area contributed by atoms with E-state index in [9.17, 15) is 14.1 Å². The van der Waals surface area contributed by atoms with Gasteiger partial charge in [0.1, 0.15) is 12.9 Å². The van der Waals surface area contributed by atoms with Crippen LogP contribution in [0.25, 0.3) is 0 Å². The molecule has 40 heavy (non-hydrogen) atoms. The lowest BCUT2D eigenvalue weighted by molar-refractivity contribution is -0.138. The second kappa shape index (κ2) is 12.8. The highest BCUT2D eigenvalue weighted by Gasteiger charge is 2.49. The molecule has 1 aliphatic heterocycles. The van der Waals surface area contributed by atoms with Crippen LogP contribution in [0.5, 0.6) is 0 Å². The van der Waals surface area contributed by atoms with Gasteiger partial charge in [0, 0.05) is 39.4 Å². The maximum absolute atomic E-state index is 14.3. The number of carbonyl (C=O) groups excluding carboxylic acids is 2. The van der Waals surface area contributed by atoms with Crippen LogP contribution in [-0.4, -0.2) is 49.6 Å². The normalized spacial score (nSPS) is 23.4. The van der Waals surface area contributed by atoms with Gasteiger partial charge in [-0.15, -0.1) is 4.72 Å². The highest BCUT2D eigenvalue weighted by atomic mass is 35.5. The van der Waals surface area contributed by atoms with Gasteiger partial charge in [0.2, 0.25) is 0 Å². The average molecular weight is 603 g/mol. The summed E-state index contributed by atoms with van der Waals surface area (Å²) < 4.78 is 15.4. The van der Waals surface area contributed by atoms with Crippen LogP contribution in [0.1, 0.15) is 64.8 Å². The van der Waals surface area contributed by atoms with Gasteiger partial charge in [-0.2, -0.15) is 0 Å². The Morgan fingerprint density at radius 1 is 1.15 bits per heavy atom. The van der Waals surface area contributed by atoms with Gasteiger partial charge in [0.25, 0.3) is 11.8 Å². The Kier molecular flexibility index (Phi) is 9.24. The van der Waals surface area contributed by atoms with Crippen molar-refractivity contribution in [3.05, 3.63) is 93.5 Å². The van der Waals surface area contributed by atoms with E-state index < -0.39 is 29.2 Å². The summed E-state index contributed by atoms with van der Waals surface area (Å²) in [5, 5.41) is 0.780. The van der Waals surface area contributed by atoms with E-state index in [1.54, 1.807) is 66.0 Å². The van der Waals surface area contributed by atoms with Gasteiger partial charge >= 0.3 is 0 Å². The second-order valence-electron chi connectivity index (χ2n) is 9.87. The number of benzene rings is 2. The first-order chi connectivity index (χ1) is 19.3. The zero-order valence-corrected chi connectivity index (χ0v) is 24.1.